The van der Waals surface area contributed by atoms with Crippen molar-refractivity contribution in [3.8, 4) is 0 Å². The first kappa shape index (κ1) is 14.6. The first-order valence-electron chi connectivity index (χ1n) is 5.90. The van der Waals surface area contributed by atoms with E-state index >= 15 is 0 Å². The van der Waals surface area contributed by atoms with Gasteiger partial charge >= 0.3 is 0 Å². The lowest BCUT2D eigenvalue weighted by atomic mass is 10.1. The maximum Gasteiger partial charge on any atom is 0.198 e. The zero-order valence-corrected chi connectivity index (χ0v) is 11.6. The highest BCUT2D eigenvalue weighted by Crippen LogP contribution is 2.09. The lowest BCUT2D eigenvalue weighted by Gasteiger charge is -2.18. The molecule has 100 valence electrons. The summed E-state index contributed by atoms with van der Waals surface area (Å²) in [5, 5.41) is 4.32. The van der Waals surface area contributed by atoms with Crippen LogP contribution in [0.1, 0.15) is 19.4 Å². The Labute approximate surface area is 108 Å². The van der Waals surface area contributed by atoms with Gasteiger partial charge in [-0.1, -0.05) is 19.9 Å². The van der Waals surface area contributed by atoms with Gasteiger partial charge in [0.15, 0.2) is 6.29 Å². The third kappa shape index (κ3) is 4.09. The van der Waals surface area contributed by atoms with Gasteiger partial charge in [0.25, 0.3) is 0 Å². The Kier molecular flexibility index (Phi) is 5.74. The molecule has 0 aliphatic rings. The fourth-order valence-electron chi connectivity index (χ4n) is 1.45. The fourth-order valence-corrected chi connectivity index (χ4v) is 1.45. The molecule has 1 aromatic heterocycles. The van der Waals surface area contributed by atoms with E-state index in [1.807, 2.05) is 32.9 Å². The molecular weight excluding hydrogens is 230 g/mol. The number of aromatic nitrogens is 1. The van der Waals surface area contributed by atoms with E-state index in [1.54, 1.807) is 20.4 Å². The molecule has 0 radical (unpaired) electrons. The van der Waals surface area contributed by atoms with E-state index in [1.165, 1.54) is 0 Å². The highest BCUT2D eigenvalue weighted by atomic mass is 16.7. The standard InChI is InChI=1S/C13H21N3O2/c1-9(2)12(13(17-4)18-5)16-15-11-7-6-10(3)8-14-11/h6-9,13H,1-5H3,(H,14,15)/b16-12-. The van der Waals surface area contributed by atoms with Gasteiger partial charge < -0.3 is 9.47 Å². The molecule has 0 bridgehead atoms. The van der Waals surface area contributed by atoms with Crippen molar-refractivity contribution in [1.82, 2.24) is 4.98 Å². The molecule has 1 rings (SSSR count). The minimum Gasteiger partial charge on any atom is -0.351 e. The van der Waals surface area contributed by atoms with Gasteiger partial charge in [-0.2, -0.15) is 5.10 Å². The first-order valence-corrected chi connectivity index (χ1v) is 5.90. The lowest BCUT2D eigenvalue weighted by Crippen LogP contribution is -2.30. The summed E-state index contributed by atoms with van der Waals surface area (Å²) in [6.45, 7) is 6.06. The second-order valence-corrected chi connectivity index (χ2v) is 4.33. The topological polar surface area (TPSA) is 55.7 Å². The monoisotopic (exact) mass is 251 g/mol. The molecule has 0 aliphatic carbocycles. The van der Waals surface area contributed by atoms with Gasteiger partial charge in [0.2, 0.25) is 0 Å². The SMILES string of the molecule is COC(OC)/C(=N\Nc1ccc(C)cn1)C(C)C. The molecule has 5 nitrogen and oxygen atoms in total. The second kappa shape index (κ2) is 7.08. The van der Waals surface area contributed by atoms with Crippen LogP contribution in [0.5, 0.6) is 0 Å². The van der Waals surface area contributed by atoms with E-state index in [2.05, 4.69) is 15.5 Å². The zero-order chi connectivity index (χ0) is 13.5. The maximum atomic E-state index is 5.22. The normalized spacial score (nSPS) is 12.3. The molecule has 0 spiro atoms. The summed E-state index contributed by atoms with van der Waals surface area (Å²) in [6, 6.07) is 3.86. The second-order valence-electron chi connectivity index (χ2n) is 4.33. The number of rotatable bonds is 6. The van der Waals surface area contributed by atoms with Gasteiger partial charge in [0.05, 0.1) is 5.71 Å². The molecule has 1 heterocycles. The Balaban J connectivity index is 2.80. The van der Waals surface area contributed by atoms with Crippen molar-refractivity contribution in [2.75, 3.05) is 19.6 Å². The molecule has 0 fully saturated rings. The third-order valence-electron chi connectivity index (χ3n) is 2.47. The van der Waals surface area contributed by atoms with Gasteiger partial charge in [-0.25, -0.2) is 4.98 Å². The molecule has 0 aromatic carbocycles. The Morgan fingerprint density at radius 1 is 1.28 bits per heavy atom. The number of hydrogen-bond acceptors (Lipinski definition) is 5. The highest BCUT2D eigenvalue weighted by molar-refractivity contribution is 5.89. The molecule has 18 heavy (non-hydrogen) atoms. The van der Waals surface area contributed by atoms with Crippen molar-refractivity contribution in [3.63, 3.8) is 0 Å². The molecule has 0 amide bonds. The average molecular weight is 251 g/mol. The summed E-state index contributed by atoms with van der Waals surface area (Å²) in [7, 11) is 3.19. The van der Waals surface area contributed by atoms with Crippen molar-refractivity contribution >= 4 is 11.5 Å². The van der Waals surface area contributed by atoms with Gasteiger partial charge in [-0.3, -0.25) is 5.43 Å². The predicted octanol–water partition coefficient (Wildman–Crippen LogP) is 2.43. The number of pyridine rings is 1. The van der Waals surface area contributed by atoms with Crippen LogP contribution in [0.15, 0.2) is 23.4 Å². The zero-order valence-electron chi connectivity index (χ0n) is 11.6. The number of methoxy groups -OCH3 is 2. The summed E-state index contributed by atoms with van der Waals surface area (Å²) in [5.74, 6) is 0.914. The van der Waals surface area contributed by atoms with E-state index in [9.17, 15) is 0 Å². The van der Waals surface area contributed by atoms with Crippen molar-refractivity contribution < 1.29 is 9.47 Å². The van der Waals surface area contributed by atoms with E-state index in [-0.39, 0.29) is 5.92 Å². The van der Waals surface area contributed by atoms with Crippen LogP contribution in [0.25, 0.3) is 0 Å². The first-order chi connectivity index (χ1) is 8.58. The van der Waals surface area contributed by atoms with Gasteiger partial charge in [-0.05, 0) is 24.5 Å². The molecule has 1 aromatic rings. The van der Waals surface area contributed by atoms with Crippen molar-refractivity contribution in [2.45, 2.75) is 27.1 Å². The molecule has 0 saturated carbocycles. The number of hydrogen-bond donors (Lipinski definition) is 1. The van der Waals surface area contributed by atoms with Gasteiger partial charge in [0, 0.05) is 20.4 Å². The average Bonchev–Trinajstić information content (AvgIpc) is 2.36. The van der Waals surface area contributed by atoms with Crippen LogP contribution < -0.4 is 5.43 Å². The fraction of sp³-hybridized carbons (Fsp3) is 0.538. The third-order valence-corrected chi connectivity index (χ3v) is 2.47. The molecule has 0 saturated heterocycles. The van der Waals surface area contributed by atoms with Gasteiger partial charge in [-0.15, -0.1) is 0 Å². The van der Waals surface area contributed by atoms with Crippen molar-refractivity contribution in [3.05, 3.63) is 23.9 Å². The van der Waals surface area contributed by atoms with Crippen molar-refractivity contribution in [1.29, 1.82) is 0 Å². The smallest absolute Gasteiger partial charge is 0.198 e. The Bertz CT molecular complexity index is 384. The molecule has 0 aliphatic heterocycles. The molecule has 0 atom stereocenters. The lowest BCUT2D eigenvalue weighted by molar-refractivity contribution is -0.0544. The van der Waals surface area contributed by atoms with E-state index in [0.717, 1.165) is 11.3 Å². The highest BCUT2D eigenvalue weighted by Gasteiger charge is 2.18. The summed E-state index contributed by atoms with van der Waals surface area (Å²) < 4.78 is 10.4. The van der Waals surface area contributed by atoms with Crippen LogP contribution in [0, 0.1) is 12.8 Å². The Hall–Kier alpha value is -1.46. The van der Waals surface area contributed by atoms with Crippen LogP contribution >= 0.6 is 0 Å². The quantitative estimate of drug-likeness (QED) is 0.479. The molecular formula is C13H21N3O2. The molecule has 0 unspecified atom stereocenters. The van der Waals surface area contributed by atoms with Crippen LogP contribution in [0.4, 0.5) is 5.82 Å². The largest absolute Gasteiger partial charge is 0.351 e. The Morgan fingerprint density at radius 2 is 1.94 bits per heavy atom. The molecule has 1 N–H and O–H groups in total. The van der Waals surface area contributed by atoms with Crippen LogP contribution in [-0.4, -0.2) is 31.2 Å². The molecule has 5 heteroatoms. The summed E-state index contributed by atoms with van der Waals surface area (Å²) >= 11 is 0. The number of nitrogens with one attached hydrogen (secondary N) is 1. The summed E-state index contributed by atoms with van der Waals surface area (Å²) in [4.78, 5) is 4.22. The minimum atomic E-state index is -0.442. The maximum absolute atomic E-state index is 5.22. The number of ether oxygens (including phenoxy) is 2. The summed E-state index contributed by atoms with van der Waals surface area (Å²) in [6.07, 6.45) is 1.35. The number of nitrogens with zero attached hydrogens (tertiary/aromatic N) is 2. The Morgan fingerprint density at radius 3 is 2.39 bits per heavy atom. The summed E-state index contributed by atoms with van der Waals surface area (Å²) in [5.41, 5.74) is 4.82. The number of hydrazone groups is 1. The van der Waals surface area contributed by atoms with E-state index in [0.29, 0.717) is 5.82 Å². The van der Waals surface area contributed by atoms with Crippen LogP contribution in [-0.2, 0) is 9.47 Å². The number of aryl methyl sites for hydroxylation is 1. The van der Waals surface area contributed by atoms with Gasteiger partial charge in [0.1, 0.15) is 5.82 Å². The van der Waals surface area contributed by atoms with Crippen LogP contribution in [0.2, 0.25) is 0 Å². The minimum absolute atomic E-state index is 0.216. The number of anilines is 1. The van der Waals surface area contributed by atoms with Crippen LogP contribution in [0.3, 0.4) is 0 Å². The van der Waals surface area contributed by atoms with Crippen molar-refractivity contribution in [2.24, 2.45) is 11.0 Å². The van der Waals surface area contributed by atoms with E-state index < -0.39 is 6.29 Å². The predicted molar refractivity (Wildman–Crippen MR) is 72.7 cm³/mol. The van der Waals surface area contributed by atoms with E-state index in [4.69, 9.17) is 9.47 Å².